The Kier molecular flexibility index (Phi) is 5.51. The van der Waals surface area contributed by atoms with E-state index in [1.165, 1.54) is 28.0 Å². The molecule has 1 heterocycles. The number of aromatic nitrogens is 2. The first-order valence-electron chi connectivity index (χ1n) is 6.50. The first-order valence-corrected chi connectivity index (χ1v) is 8.30. The molecule has 8 heteroatoms. The van der Waals surface area contributed by atoms with Gasteiger partial charge < -0.3 is 10.2 Å². The zero-order valence-electron chi connectivity index (χ0n) is 12.5. The molecule has 0 aliphatic heterocycles. The van der Waals surface area contributed by atoms with Crippen LogP contribution in [0.5, 0.6) is 0 Å². The molecule has 0 aliphatic carbocycles. The highest BCUT2D eigenvalue weighted by Crippen LogP contribution is 2.22. The summed E-state index contributed by atoms with van der Waals surface area (Å²) in [4.78, 5) is 25.3. The second kappa shape index (κ2) is 7.37. The Morgan fingerprint density at radius 1 is 1.32 bits per heavy atom. The van der Waals surface area contributed by atoms with E-state index in [0.29, 0.717) is 11.3 Å². The van der Waals surface area contributed by atoms with Crippen molar-refractivity contribution in [1.82, 2.24) is 15.1 Å². The van der Waals surface area contributed by atoms with Crippen LogP contribution in [0.4, 0.5) is 5.69 Å². The van der Waals surface area contributed by atoms with Crippen molar-refractivity contribution in [3.63, 3.8) is 0 Å². The minimum Gasteiger partial charge on any atom is -0.345 e. The van der Waals surface area contributed by atoms with Crippen LogP contribution in [0.2, 0.25) is 0 Å². The van der Waals surface area contributed by atoms with E-state index in [1.807, 2.05) is 6.92 Å². The van der Waals surface area contributed by atoms with Crippen LogP contribution < -0.4 is 5.32 Å². The molecular formula is C14H16N4O2S2. The predicted molar refractivity (Wildman–Crippen MR) is 88.5 cm³/mol. The highest BCUT2D eigenvalue weighted by molar-refractivity contribution is 8.01. The van der Waals surface area contributed by atoms with E-state index in [4.69, 9.17) is 0 Å². The maximum atomic E-state index is 11.9. The Labute approximate surface area is 136 Å². The van der Waals surface area contributed by atoms with Gasteiger partial charge in [0, 0.05) is 25.3 Å². The lowest BCUT2D eigenvalue weighted by Crippen LogP contribution is -2.22. The van der Waals surface area contributed by atoms with Crippen LogP contribution in [0.25, 0.3) is 0 Å². The van der Waals surface area contributed by atoms with Gasteiger partial charge in [0.15, 0.2) is 4.34 Å². The first kappa shape index (κ1) is 16.4. The van der Waals surface area contributed by atoms with Crippen molar-refractivity contribution in [3.8, 4) is 0 Å². The normalized spacial score (nSPS) is 10.3. The van der Waals surface area contributed by atoms with Gasteiger partial charge in [-0.25, -0.2) is 0 Å². The molecule has 0 radical (unpaired) electrons. The van der Waals surface area contributed by atoms with Gasteiger partial charge in [0.25, 0.3) is 5.91 Å². The van der Waals surface area contributed by atoms with E-state index in [-0.39, 0.29) is 17.6 Å². The number of carbonyl (C=O) groups is 2. The maximum absolute atomic E-state index is 11.9. The molecule has 6 nitrogen and oxygen atoms in total. The van der Waals surface area contributed by atoms with Gasteiger partial charge in [-0.2, -0.15) is 0 Å². The molecule has 0 bridgehead atoms. The molecule has 0 fully saturated rings. The molecule has 0 saturated heterocycles. The number of rotatable bonds is 5. The van der Waals surface area contributed by atoms with E-state index in [2.05, 4.69) is 15.5 Å². The molecule has 0 atom stereocenters. The van der Waals surface area contributed by atoms with Gasteiger partial charge in [0.05, 0.1) is 5.75 Å². The predicted octanol–water partition coefficient (Wildman–Crippen LogP) is 2.28. The van der Waals surface area contributed by atoms with Crippen molar-refractivity contribution in [3.05, 3.63) is 34.8 Å². The molecule has 0 spiro atoms. The Hall–Kier alpha value is -1.93. The number of aryl methyl sites for hydroxylation is 1. The van der Waals surface area contributed by atoms with Gasteiger partial charge in [0.2, 0.25) is 5.91 Å². The molecule has 0 unspecified atom stereocenters. The van der Waals surface area contributed by atoms with Gasteiger partial charge in [-0.1, -0.05) is 29.2 Å². The van der Waals surface area contributed by atoms with Crippen LogP contribution in [-0.2, 0) is 4.79 Å². The number of anilines is 1. The smallest absolute Gasteiger partial charge is 0.253 e. The van der Waals surface area contributed by atoms with Crippen LogP contribution in [0.1, 0.15) is 15.4 Å². The summed E-state index contributed by atoms with van der Waals surface area (Å²) in [7, 11) is 3.38. The molecule has 116 valence electrons. The molecule has 2 amide bonds. The minimum absolute atomic E-state index is 0.102. The summed E-state index contributed by atoms with van der Waals surface area (Å²) in [5, 5.41) is 11.5. The quantitative estimate of drug-likeness (QED) is 0.848. The zero-order valence-corrected chi connectivity index (χ0v) is 14.1. The molecule has 1 aromatic carbocycles. The highest BCUT2D eigenvalue weighted by atomic mass is 32.2. The summed E-state index contributed by atoms with van der Waals surface area (Å²) in [5.41, 5.74) is 1.14. The lowest BCUT2D eigenvalue weighted by atomic mass is 10.2. The molecule has 1 aromatic heterocycles. The lowest BCUT2D eigenvalue weighted by Gasteiger charge is -2.11. The fraction of sp³-hybridized carbons (Fsp3) is 0.286. The fourth-order valence-electron chi connectivity index (χ4n) is 1.65. The average molecular weight is 336 g/mol. The second-order valence-corrected chi connectivity index (χ2v) is 7.11. The number of nitrogens with zero attached hydrogens (tertiary/aromatic N) is 3. The first-order chi connectivity index (χ1) is 10.5. The zero-order chi connectivity index (χ0) is 16.1. The van der Waals surface area contributed by atoms with Crippen LogP contribution in [-0.4, -0.2) is 46.8 Å². The third kappa shape index (κ3) is 4.54. The highest BCUT2D eigenvalue weighted by Gasteiger charge is 2.10. The Morgan fingerprint density at radius 3 is 2.73 bits per heavy atom. The molecule has 22 heavy (non-hydrogen) atoms. The topological polar surface area (TPSA) is 75.2 Å². The van der Waals surface area contributed by atoms with Gasteiger partial charge >= 0.3 is 0 Å². The van der Waals surface area contributed by atoms with Crippen LogP contribution in [0.15, 0.2) is 28.6 Å². The van der Waals surface area contributed by atoms with Gasteiger partial charge in [-0.05, 0) is 25.1 Å². The van der Waals surface area contributed by atoms with Crippen molar-refractivity contribution in [2.45, 2.75) is 11.3 Å². The number of benzene rings is 1. The third-order valence-corrected chi connectivity index (χ3v) is 4.61. The van der Waals surface area contributed by atoms with E-state index in [0.717, 1.165) is 9.35 Å². The number of thioether (sulfide) groups is 1. The number of nitrogens with one attached hydrogen (secondary N) is 1. The second-order valence-electron chi connectivity index (χ2n) is 4.70. The molecular weight excluding hydrogens is 320 g/mol. The largest absolute Gasteiger partial charge is 0.345 e. The fourth-order valence-corrected chi connectivity index (χ4v) is 3.26. The van der Waals surface area contributed by atoms with Crippen LogP contribution in [0.3, 0.4) is 0 Å². The van der Waals surface area contributed by atoms with Crippen LogP contribution in [0, 0.1) is 6.92 Å². The Bertz CT molecular complexity index is 685. The third-order valence-electron chi connectivity index (χ3n) is 2.63. The van der Waals surface area contributed by atoms with Gasteiger partial charge in [-0.15, -0.1) is 10.2 Å². The van der Waals surface area contributed by atoms with E-state index >= 15 is 0 Å². The summed E-state index contributed by atoms with van der Waals surface area (Å²) in [6, 6.07) is 6.88. The molecule has 2 rings (SSSR count). The molecule has 2 aromatic rings. The number of hydrogen-bond acceptors (Lipinski definition) is 6. The molecule has 0 aliphatic rings. The number of carbonyl (C=O) groups excluding carboxylic acids is 2. The average Bonchev–Trinajstić information content (AvgIpc) is 2.90. The van der Waals surface area contributed by atoms with E-state index in [1.54, 1.807) is 38.4 Å². The van der Waals surface area contributed by atoms with Crippen molar-refractivity contribution in [1.29, 1.82) is 0 Å². The lowest BCUT2D eigenvalue weighted by molar-refractivity contribution is -0.113. The van der Waals surface area contributed by atoms with Crippen molar-refractivity contribution < 1.29 is 9.59 Å². The number of hydrogen-bond donors (Lipinski definition) is 1. The van der Waals surface area contributed by atoms with Crippen molar-refractivity contribution in [2.75, 3.05) is 25.2 Å². The molecule has 1 N–H and O–H groups in total. The van der Waals surface area contributed by atoms with E-state index in [9.17, 15) is 9.59 Å². The SMILES string of the molecule is Cc1nnc(SCC(=O)Nc2cccc(C(=O)N(C)C)c2)s1. The summed E-state index contributed by atoms with van der Waals surface area (Å²) in [5.74, 6) is 0.00244. The summed E-state index contributed by atoms with van der Waals surface area (Å²) >= 11 is 2.80. The van der Waals surface area contributed by atoms with E-state index < -0.39 is 0 Å². The number of amides is 2. The monoisotopic (exact) mass is 336 g/mol. The van der Waals surface area contributed by atoms with Gasteiger partial charge in [0.1, 0.15) is 5.01 Å². The Morgan fingerprint density at radius 2 is 2.09 bits per heavy atom. The maximum Gasteiger partial charge on any atom is 0.253 e. The molecule has 0 saturated carbocycles. The summed E-state index contributed by atoms with van der Waals surface area (Å²) in [6.07, 6.45) is 0. The van der Waals surface area contributed by atoms with Crippen molar-refractivity contribution >= 4 is 40.6 Å². The summed E-state index contributed by atoms with van der Waals surface area (Å²) in [6.45, 7) is 1.87. The minimum atomic E-state index is -0.146. The van der Waals surface area contributed by atoms with Crippen molar-refractivity contribution in [2.24, 2.45) is 0 Å². The van der Waals surface area contributed by atoms with Crippen LogP contribution >= 0.6 is 23.1 Å². The van der Waals surface area contributed by atoms with Gasteiger partial charge in [-0.3, -0.25) is 9.59 Å². The standard InChI is InChI=1S/C14H16N4O2S2/c1-9-16-17-14(22-9)21-8-12(19)15-11-6-4-5-10(7-11)13(20)18(2)3/h4-7H,8H2,1-3H3,(H,15,19). The Balaban J connectivity index is 1.94. The summed E-state index contributed by atoms with van der Waals surface area (Å²) < 4.78 is 0.768.